The van der Waals surface area contributed by atoms with Crippen LogP contribution in [0.2, 0.25) is 0 Å². The average molecular weight is 625 g/mol. The predicted octanol–water partition coefficient (Wildman–Crippen LogP) is 9.41. The van der Waals surface area contributed by atoms with E-state index in [-0.39, 0.29) is 34.8 Å². The van der Waals surface area contributed by atoms with Crippen LogP contribution in [0.3, 0.4) is 0 Å². The molecular weight excluding hydrogens is 572 g/mol. The number of benzene rings is 2. The summed E-state index contributed by atoms with van der Waals surface area (Å²) in [5.41, 5.74) is 2.05. The molecule has 246 valence electrons. The number of carbonyl (C=O) groups excluding carboxylic acids is 3. The lowest BCUT2D eigenvalue weighted by Gasteiger charge is -2.57. The highest BCUT2D eigenvalue weighted by Crippen LogP contribution is 2.66. The van der Waals surface area contributed by atoms with Crippen LogP contribution in [0.1, 0.15) is 120 Å². The maximum absolute atomic E-state index is 14.0. The van der Waals surface area contributed by atoms with Crippen LogP contribution in [-0.4, -0.2) is 29.4 Å². The molecule has 0 heterocycles. The third-order valence-corrected chi connectivity index (χ3v) is 12.8. The molecule has 0 aromatic heterocycles. The lowest BCUT2D eigenvalue weighted by Crippen LogP contribution is -2.53. The zero-order chi connectivity index (χ0) is 32.7. The molecule has 6 rings (SSSR count). The van der Waals surface area contributed by atoms with Crippen molar-refractivity contribution >= 4 is 17.7 Å². The lowest BCUT2D eigenvalue weighted by atomic mass is 9.46. The monoisotopic (exact) mass is 624 g/mol. The Kier molecular flexibility index (Phi) is 9.08. The molecule has 2 aromatic rings. The van der Waals surface area contributed by atoms with Crippen molar-refractivity contribution in [1.82, 2.24) is 0 Å². The molecule has 0 N–H and O–H groups in total. The number of hydrogen-bond donors (Lipinski definition) is 0. The van der Waals surface area contributed by atoms with Gasteiger partial charge < -0.3 is 9.47 Å². The highest BCUT2D eigenvalue weighted by atomic mass is 16.6. The quantitative estimate of drug-likeness (QED) is 0.260. The van der Waals surface area contributed by atoms with Crippen LogP contribution < -0.4 is 0 Å². The number of esters is 2. The Bertz CT molecular complexity index is 1460. The molecule has 8 unspecified atom stereocenters. The first-order chi connectivity index (χ1) is 21.9. The Labute approximate surface area is 275 Å². The van der Waals surface area contributed by atoms with E-state index < -0.39 is 5.60 Å². The Morgan fingerprint density at radius 3 is 2.20 bits per heavy atom. The Morgan fingerprint density at radius 1 is 0.870 bits per heavy atom. The largest absolute Gasteiger partial charge is 0.458 e. The summed E-state index contributed by atoms with van der Waals surface area (Å²) in [5, 5.41) is 0. The van der Waals surface area contributed by atoms with Crippen molar-refractivity contribution in [1.29, 1.82) is 0 Å². The van der Waals surface area contributed by atoms with Crippen molar-refractivity contribution in [3.05, 3.63) is 83.4 Å². The van der Waals surface area contributed by atoms with Crippen LogP contribution in [0.25, 0.3) is 0 Å². The first-order valence-electron chi connectivity index (χ1n) is 17.7. The van der Waals surface area contributed by atoms with Gasteiger partial charge in [-0.05, 0) is 130 Å². The molecule has 0 bridgehead atoms. The normalized spacial score (nSPS) is 32.8. The number of hydrogen-bond acceptors (Lipinski definition) is 5. The van der Waals surface area contributed by atoms with Gasteiger partial charge in [0, 0.05) is 12.3 Å². The summed E-state index contributed by atoms with van der Waals surface area (Å²) in [5.74, 6) is 1.85. The summed E-state index contributed by atoms with van der Waals surface area (Å²) < 4.78 is 11.8. The minimum Gasteiger partial charge on any atom is -0.458 e. The van der Waals surface area contributed by atoms with Gasteiger partial charge in [-0.25, -0.2) is 9.59 Å². The van der Waals surface area contributed by atoms with Crippen molar-refractivity contribution in [3.63, 3.8) is 0 Å². The molecule has 0 saturated heterocycles. The highest BCUT2D eigenvalue weighted by Gasteiger charge is 2.61. The van der Waals surface area contributed by atoms with Gasteiger partial charge in [0.25, 0.3) is 0 Å². The minimum atomic E-state index is -0.514. The van der Waals surface area contributed by atoms with Gasteiger partial charge in [0.1, 0.15) is 11.7 Å². The van der Waals surface area contributed by atoms with E-state index in [0.29, 0.717) is 47.0 Å². The fraction of sp³-hybridized carbons (Fsp3) is 0.585. The van der Waals surface area contributed by atoms with Gasteiger partial charge in [-0.1, -0.05) is 69.2 Å². The van der Waals surface area contributed by atoms with E-state index in [2.05, 4.69) is 20.8 Å². The van der Waals surface area contributed by atoms with Crippen molar-refractivity contribution in [2.75, 3.05) is 0 Å². The SMILES string of the molecule is CC(CCCC(C)(C)OC(=O)c1ccccc1)C1CCC2C3C(=O)C=C4CC(OC(=O)c5ccccc5)CCC4(C)C3CCC12C. The molecule has 3 saturated carbocycles. The van der Waals surface area contributed by atoms with Gasteiger partial charge in [-0.15, -0.1) is 0 Å². The second-order valence-electron chi connectivity index (χ2n) is 16.0. The minimum absolute atomic E-state index is 0.00201. The van der Waals surface area contributed by atoms with E-state index in [4.69, 9.17) is 9.47 Å². The van der Waals surface area contributed by atoms with Gasteiger partial charge in [0.2, 0.25) is 0 Å². The second-order valence-corrected chi connectivity index (χ2v) is 16.0. The molecule has 8 atom stereocenters. The zero-order valence-corrected chi connectivity index (χ0v) is 28.4. The Balaban J connectivity index is 1.07. The van der Waals surface area contributed by atoms with Crippen LogP contribution in [0, 0.1) is 40.4 Å². The number of rotatable bonds is 9. The van der Waals surface area contributed by atoms with Gasteiger partial charge in [0.15, 0.2) is 5.78 Å². The number of allylic oxidation sites excluding steroid dienone is 1. The van der Waals surface area contributed by atoms with E-state index >= 15 is 0 Å². The van der Waals surface area contributed by atoms with Crippen molar-refractivity contribution in [2.45, 2.75) is 111 Å². The zero-order valence-electron chi connectivity index (χ0n) is 28.4. The fourth-order valence-electron chi connectivity index (χ4n) is 10.2. The number of ether oxygens (including phenoxy) is 2. The fourth-order valence-corrected chi connectivity index (χ4v) is 10.2. The van der Waals surface area contributed by atoms with Gasteiger partial charge in [-0.2, -0.15) is 0 Å². The van der Waals surface area contributed by atoms with E-state index in [1.807, 2.05) is 56.3 Å². The number of carbonyl (C=O) groups is 3. The molecule has 0 aliphatic heterocycles. The summed E-state index contributed by atoms with van der Waals surface area (Å²) in [6, 6.07) is 18.4. The van der Waals surface area contributed by atoms with Crippen molar-refractivity contribution < 1.29 is 23.9 Å². The van der Waals surface area contributed by atoms with E-state index in [9.17, 15) is 14.4 Å². The van der Waals surface area contributed by atoms with Crippen LogP contribution in [0.4, 0.5) is 0 Å². The summed E-state index contributed by atoms with van der Waals surface area (Å²) in [4.78, 5) is 39.4. The maximum Gasteiger partial charge on any atom is 0.338 e. The summed E-state index contributed by atoms with van der Waals surface area (Å²) >= 11 is 0. The van der Waals surface area contributed by atoms with Crippen LogP contribution in [0.15, 0.2) is 72.3 Å². The summed E-state index contributed by atoms with van der Waals surface area (Å²) in [6.45, 7) is 11.3. The molecule has 5 heteroatoms. The van der Waals surface area contributed by atoms with Gasteiger partial charge >= 0.3 is 11.9 Å². The van der Waals surface area contributed by atoms with Crippen molar-refractivity contribution in [3.8, 4) is 0 Å². The molecule has 0 amide bonds. The topological polar surface area (TPSA) is 69.7 Å². The van der Waals surface area contributed by atoms with Crippen LogP contribution >= 0.6 is 0 Å². The molecule has 0 spiro atoms. The summed E-state index contributed by atoms with van der Waals surface area (Å²) in [6.07, 6.45) is 11.8. The van der Waals surface area contributed by atoms with Gasteiger partial charge in [-0.3, -0.25) is 4.79 Å². The molecule has 5 nitrogen and oxygen atoms in total. The molecular formula is C41H52O5. The predicted molar refractivity (Wildman–Crippen MR) is 180 cm³/mol. The number of ketones is 1. The Hall–Kier alpha value is -3.21. The van der Waals surface area contributed by atoms with Crippen LogP contribution in [0.5, 0.6) is 0 Å². The van der Waals surface area contributed by atoms with E-state index in [0.717, 1.165) is 44.9 Å². The highest BCUT2D eigenvalue weighted by molar-refractivity contribution is 5.95. The molecule has 4 aliphatic carbocycles. The Morgan fingerprint density at radius 2 is 1.52 bits per heavy atom. The van der Waals surface area contributed by atoms with Gasteiger partial charge in [0.05, 0.1) is 11.1 Å². The smallest absolute Gasteiger partial charge is 0.338 e. The molecule has 0 radical (unpaired) electrons. The second kappa shape index (κ2) is 12.8. The van der Waals surface area contributed by atoms with Crippen molar-refractivity contribution in [2.24, 2.45) is 40.4 Å². The first-order valence-corrected chi connectivity index (χ1v) is 17.7. The number of fused-ring (bicyclic) bond motifs is 5. The standard InChI is InChI=1S/C41H52O5/c1-27(13-12-22-39(2,3)46-38(44)29-16-10-7-11-17-29)32-18-19-33-36-34(21-24-41(32,33)5)40(4)23-20-31(25-30(40)26-35(36)42)45-37(43)28-14-8-6-9-15-28/h6-11,14-17,26-27,31-34,36H,12-13,18-25H2,1-5H3. The third-order valence-electron chi connectivity index (χ3n) is 12.8. The lowest BCUT2D eigenvalue weighted by molar-refractivity contribution is -0.135. The molecule has 4 aliphatic rings. The molecule has 46 heavy (non-hydrogen) atoms. The molecule has 3 fully saturated rings. The van der Waals surface area contributed by atoms with E-state index in [1.165, 1.54) is 18.4 Å². The third kappa shape index (κ3) is 6.23. The van der Waals surface area contributed by atoms with E-state index in [1.54, 1.807) is 24.3 Å². The van der Waals surface area contributed by atoms with Crippen LogP contribution in [-0.2, 0) is 14.3 Å². The first kappa shape index (κ1) is 32.7. The average Bonchev–Trinajstić information content (AvgIpc) is 3.39. The maximum atomic E-state index is 14.0. The summed E-state index contributed by atoms with van der Waals surface area (Å²) in [7, 11) is 0. The molecule has 2 aromatic carbocycles.